The minimum atomic E-state index is -0.231. The van der Waals surface area contributed by atoms with Crippen LogP contribution in [0.25, 0.3) is 0 Å². The van der Waals surface area contributed by atoms with Crippen molar-refractivity contribution in [2.45, 2.75) is 57.6 Å². The zero-order valence-corrected chi connectivity index (χ0v) is 13.3. The van der Waals surface area contributed by atoms with Gasteiger partial charge < -0.3 is 10.1 Å². The molecule has 2 saturated carbocycles. The fourth-order valence-corrected chi connectivity index (χ4v) is 4.23. The van der Waals surface area contributed by atoms with Crippen LogP contribution in [0, 0.1) is 11.2 Å². The van der Waals surface area contributed by atoms with Gasteiger partial charge in [0.05, 0.1) is 11.8 Å². The van der Waals surface area contributed by atoms with E-state index in [1.165, 1.54) is 38.2 Å². The largest absolute Gasteiger partial charge is 0.379 e. The predicted molar refractivity (Wildman–Crippen MR) is 84.4 cm³/mol. The van der Waals surface area contributed by atoms with Crippen molar-refractivity contribution >= 4 is 17.3 Å². The summed E-state index contributed by atoms with van der Waals surface area (Å²) in [5.74, 6) is -0.231. The van der Waals surface area contributed by atoms with Gasteiger partial charge in [-0.2, -0.15) is 0 Å². The van der Waals surface area contributed by atoms with Crippen LogP contribution in [0.15, 0.2) is 18.2 Å². The van der Waals surface area contributed by atoms with Crippen molar-refractivity contribution in [2.24, 2.45) is 5.41 Å². The molecule has 2 aliphatic rings. The van der Waals surface area contributed by atoms with Crippen molar-refractivity contribution in [2.75, 3.05) is 11.9 Å². The van der Waals surface area contributed by atoms with E-state index in [-0.39, 0.29) is 11.2 Å². The third kappa shape index (κ3) is 2.78. The maximum atomic E-state index is 13.9. The fraction of sp³-hybridized carbons (Fsp3) is 0.647. The van der Waals surface area contributed by atoms with Crippen LogP contribution >= 0.6 is 11.6 Å². The number of nitrogens with one attached hydrogen (secondary N) is 1. The van der Waals surface area contributed by atoms with Crippen LogP contribution in [0.3, 0.4) is 0 Å². The molecular weight excluding hydrogens is 289 g/mol. The molecule has 2 nitrogen and oxygen atoms in total. The molecule has 0 bridgehead atoms. The Morgan fingerprint density at radius 2 is 2.10 bits per heavy atom. The number of hydrogen-bond donors (Lipinski definition) is 1. The molecule has 0 radical (unpaired) electrons. The average Bonchev–Trinajstić information content (AvgIpc) is 2.50. The molecule has 1 aromatic carbocycles. The number of benzene rings is 1. The second-order valence-corrected chi connectivity index (χ2v) is 6.73. The Labute approximate surface area is 131 Å². The van der Waals surface area contributed by atoms with E-state index in [4.69, 9.17) is 16.3 Å². The highest BCUT2D eigenvalue weighted by atomic mass is 35.5. The monoisotopic (exact) mass is 311 g/mol. The maximum Gasteiger partial charge on any atom is 0.146 e. The lowest BCUT2D eigenvalue weighted by molar-refractivity contribution is -0.134. The summed E-state index contributed by atoms with van der Waals surface area (Å²) < 4.78 is 19.9. The topological polar surface area (TPSA) is 21.3 Å². The Morgan fingerprint density at radius 1 is 1.33 bits per heavy atom. The number of rotatable bonds is 4. The van der Waals surface area contributed by atoms with E-state index in [0.29, 0.717) is 22.9 Å². The summed E-state index contributed by atoms with van der Waals surface area (Å²) in [4.78, 5) is 0. The highest BCUT2D eigenvalue weighted by Crippen LogP contribution is 2.54. The SMILES string of the molecule is CCOC1CC(Nc2cc(Cl)ccc2F)C12CCCCC2. The summed E-state index contributed by atoms with van der Waals surface area (Å²) in [5, 5.41) is 3.96. The quantitative estimate of drug-likeness (QED) is 0.843. The number of hydrogen-bond acceptors (Lipinski definition) is 2. The third-order valence-electron chi connectivity index (χ3n) is 5.20. The first-order chi connectivity index (χ1) is 10.2. The summed E-state index contributed by atoms with van der Waals surface area (Å²) >= 11 is 5.99. The minimum Gasteiger partial charge on any atom is -0.379 e. The Balaban J connectivity index is 1.77. The van der Waals surface area contributed by atoms with Crippen molar-refractivity contribution < 1.29 is 9.13 Å². The number of halogens is 2. The summed E-state index contributed by atoms with van der Waals surface area (Å²) in [7, 11) is 0. The van der Waals surface area contributed by atoms with Gasteiger partial charge in [-0.15, -0.1) is 0 Å². The Kier molecular flexibility index (Phi) is 4.41. The molecule has 3 rings (SSSR count). The first-order valence-electron chi connectivity index (χ1n) is 7.99. The molecule has 4 heteroatoms. The lowest BCUT2D eigenvalue weighted by Crippen LogP contribution is -2.62. The van der Waals surface area contributed by atoms with E-state index in [9.17, 15) is 4.39 Å². The second kappa shape index (κ2) is 6.13. The van der Waals surface area contributed by atoms with Crippen LogP contribution < -0.4 is 5.32 Å². The normalized spacial score (nSPS) is 27.4. The lowest BCUT2D eigenvalue weighted by Gasteiger charge is -2.58. The average molecular weight is 312 g/mol. The van der Waals surface area contributed by atoms with Crippen LogP contribution in [0.2, 0.25) is 5.02 Å². The Hall–Kier alpha value is -0.800. The van der Waals surface area contributed by atoms with E-state index in [1.807, 2.05) is 6.92 Å². The van der Waals surface area contributed by atoms with Crippen LogP contribution in [0.1, 0.15) is 45.4 Å². The summed E-state index contributed by atoms with van der Waals surface area (Å²) in [6, 6.07) is 4.99. The van der Waals surface area contributed by atoms with Gasteiger partial charge in [0.15, 0.2) is 0 Å². The predicted octanol–water partition coefficient (Wildman–Crippen LogP) is 5.02. The van der Waals surface area contributed by atoms with Crippen molar-refractivity contribution in [3.63, 3.8) is 0 Å². The molecule has 116 valence electrons. The summed E-state index contributed by atoms with van der Waals surface area (Å²) in [6.45, 7) is 2.80. The molecule has 2 atom stereocenters. The van der Waals surface area contributed by atoms with E-state index in [1.54, 1.807) is 12.1 Å². The third-order valence-corrected chi connectivity index (χ3v) is 5.43. The van der Waals surface area contributed by atoms with Crippen LogP contribution in [-0.2, 0) is 4.74 Å². The zero-order chi connectivity index (χ0) is 14.9. The van der Waals surface area contributed by atoms with Gasteiger partial charge in [0.25, 0.3) is 0 Å². The Morgan fingerprint density at radius 3 is 2.81 bits per heavy atom. The molecule has 1 N–H and O–H groups in total. The van der Waals surface area contributed by atoms with Gasteiger partial charge in [0.1, 0.15) is 5.82 Å². The van der Waals surface area contributed by atoms with Crippen molar-refractivity contribution in [3.8, 4) is 0 Å². The lowest BCUT2D eigenvalue weighted by atomic mass is 9.55. The van der Waals surface area contributed by atoms with E-state index >= 15 is 0 Å². The molecule has 0 aliphatic heterocycles. The Bertz CT molecular complexity index is 502. The van der Waals surface area contributed by atoms with Crippen molar-refractivity contribution in [3.05, 3.63) is 29.0 Å². The van der Waals surface area contributed by atoms with Gasteiger partial charge in [0.2, 0.25) is 0 Å². The number of anilines is 1. The van der Waals surface area contributed by atoms with Crippen LogP contribution in [-0.4, -0.2) is 18.8 Å². The highest BCUT2D eigenvalue weighted by molar-refractivity contribution is 6.30. The van der Waals surface area contributed by atoms with Gasteiger partial charge in [0, 0.05) is 23.1 Å². The fourth-order valence-electron chi connectivity index (χ4n) is 4.06. The standard InChI is InChI=1S/C17H23ClFNO/c1-2-21-16-11-15(17(16)8-4-3-5-9-17)20-14-10-12(18)6-7-13(14)19/h6-7,10,15-16,20H,2-5,8-9,11H2,1H3. The van der Waals surface area contributed by atoms with E-state index in [0.717, 1.165) is 13.0 Å². The highest BCUT2D eigenvalue weighted by Gasteiger charge is 2.55. The first-order valence-corrected chi connectivity index (χ1v) is 8.37. The molecule has 1 spiro atoms. The summed E-state index contributed by atoms with van der Waals surface area (Å²) in [6.07, 6.45) is 7.44. The van der Waals surface area contributed by atoms with Gasteiger partial charge >= 0.3 is 0 Å². The second-order valence-electron chi connectivity index (χ2n) is 6.29. The van der Waals surface area contributed by atoms with Gasteiger partial charge in [-0.1, -0.05) is 30.9 Å². The smallest absolute Gasteiger partial charge is 0.146 e. The van der Waals surface area contributed by atoms with Gasteiger partial charge in [-0.05, 0) is 44.4 Å². The van der Waals surface area contributed by atoms with Crippen LogP contribution in [0.5, 0.6) is 0 Å². The molecule has 0 heterocycles. The molecule has 0 aromatic heterocycles. The first kappa shape index (κ1) is 15.1. The van der Waals surface area contributed by atoms with E-state index in [2.05, 4.69) is 5.32 Å². The maximum absolute atomic E-state index is 13.9. The minimum absolute atomic E-state index is 0.184. The molecule has 0 amide bonds. The van der Waals surface area contributed by atoms with Crippen molar-refractivity contribution in [1.82, 2.24) is 0 Å². The van der Waals surface area contributed by atoms with Crippen molar-refractivity contribution in [1.29, 1.82) is 0 Å². The van der Waals surface area contributed by atoms with Crippen LogP contribution in [0.4, 0.5) is 10.1 Å². The summed E-state index contributed by atoms with van der Waals surface area (Å²) in [5.41, 5.74) is 0.704. The van der Waals surface area contributed by atoms with Gasteiger partial charge in [-0.3, -0.25) is 0 Å². The molecule has 2 fully saturated rings. The number of ether oxygens (including phenoxy) is 1. The molecule has 1 aromatic rings. The zero-order valence-electron chi connectivity index (χ0n) is 12.5. The molecule has 21 heavy (non-hydrogen) atoms. The molecule has 2 aliphatic carbocycles. The van der Waals surface area contributed by atoms with E-state index < -0.39 is 0 Å². The molecule has 2 unspecified atom stereocenters. The molecular formula is C17H23ClFNO. The van der Waals surface area contributed by atoms with Gasteiger partial charge in [-0.25, -0.2) is 4.39 Å². The molecule has 0 saturated heterocycles.